The van der Waals surface area contributed by atoms with Crippen LogP contribution >= 0.6 is 0 Å². The number of aliphatic hydroxyl groups is 2. The Labute approximate surface area is 158 Å². The van der Waals surface area contributed by atoms with Crippen LogP contribution in [-0.4, -0.2) is 65.2 Å². The third-order valence-electron chi connectivity index (χ3n) is 9.05. The summed E-state index contributed by atoms with van der Waals surface area (Å²) in [6, 6.07) is 0. The van der Waals surface area contributed by atoms with Crippen LogP contribution in [0.4, 0.5) is 0 Å². The molecule has 0 aromatic heterocycles. The Hall–Kier alpha value is -0.730. The standard InChI is InChI=1S/C20H28O7/c1-9-7-24-13-6-17-12-5-10(16(2,3)4)18(17)11(21)8-25-15(18)27-20(17,14(22)26-12)19(9,13)23/h9-13,15,21,23H,5-8H2,1-4H3/t9-,10+,11+,12-,13+,15+,17+,18-,19-,20-/m1/s1. The molecule has 0 amide bonds. The second-order valence-corrected chi connectivity index (χ2v) is 10.7. The van der Waals surface area contributed by atoms with Gasteiger partial charge in [-0.2, -0.15) is 0 Å². The fourth-order valence-corrected chi connectivity index (χ4v) is 8.29. The minimum Gasteiger partial charge on any atom is -0.459 e. The van der Waals surface area contributed by atoms with E-state index in [2.05, 4.69) is 20.8 Å². The van der Waals surface area contributed by atoms with Gasteiger partial charge in [0, 0.05) is 5.92 Å². The monoisotopic (exact) mass is 380 g/mol. The van der Waals surface area contributed by atoms with Crippen LogP contribution in [0.1, 0.15) is 40.5 Å². The second-order valence-electron chi connectivity index (χ2n) is 10.7. The van der Waals surface area contributed by atoms with E-state index in [-0.39, 0.29) is 23.9 Å². The van der Waals surface area contributed by atoms with Gasteiger partial charge in [0.25, 0.3) is 0 Å². The molecule has 6 fully saturated rings. The molecule has 4 saturated heterocycles. The van der Waals surface area contributed by atoms with Gasteiger partial charge in [0.1, 0.15) is 11.7 Å². The van der Waals surface area contributed by atoms with Gasteiger partial charge >= 0.3 is 5.97 Å². The smallest absolute Gasteiger partial charge is 0.342 e. The molecule has 10 atom stereocenters. The summed E-state index contributed by atoms with van der Waals surface area (Å²) in [5.41, 5.74) is -4.76. The predicted molar refractivity (Wildman–Crippen MR) is 90.3 cm³/mol. The van der Waals surface area contributed by atoms with Crippen molar-refractivity contribution >= 4 is 5.97 Å². The number of hydrogen-bond acceptors (Lipinski definition) is 7. The van der Waals surface area contributed by atoms with E-state index in [0.717, 1.165) is 0 Å². The number of rotatable bonds is 0. The van der Waals surface area contributed by atoms with Crippen molar-refractivity contribution in [2.75, 3.05) is 13.2 Å². The van der Waals surface area contributed by atoms with Crippen molar-refractivity contribution in [1.29, 1.82) is 0 Å². The minimum atomic E-state index is -1.53. The average molecular weight is 380 g/mol. The van der Waals surface area contributed by atoms with E-state index in [9.17, 15) is 15.0 Å². The van der Waals surface area contributed by atoms with Crippen LogP contribution in [0.2, 0.25) is 0 Å². The summed E-state index contributed by atoms with van der Waals surface area (Å²) in [6.45, 7) is 8.90. The highest BCUT2D eigenvalue weighted by Gasteiger charge is 2.99. The number of hydrogen-bond donors (Lipinski definition) is 2. The Morgan fingerprint density at radius 1 is 1.15 bits per heavy atom. The van der Waals surface area contributed by atoms with Crippen LogP contribution in [0.5, 0.6) is 0 Å². The molecule has 2 spiro atoms. The first kappa shape index (κ1) is 17.2. The Balaban J connectivity index is 1.67. The number of ether oxygens (including phenoxy) is 4. The van der Waals surface area contributed by atoms with Crippen molar-refractivity contribution in [1.82, 2.24) is 0 Å². The average Bonchev–Trinajstić information content (AvgIpc) is 3.30. The molecule has 7 heteroatoms. The molecule has 2 saturated carbocycles. The summed E-state index contributed by atoms with van der Waals surface area (Å²) in [5.74, 6) is -0.744. The van der Waals surface area contributed by atoms with Crippen molar-refractivity contribution < 1.29 is 34.0 Å². The van der Waals surface area contributed by atoms with Gasteiger partial charge in [0.05, 0.1) is 36.3 Å². The predicted octanol–water partition coefficient (Wildman–Crippen LogP) is 0.606. The fraction of sp³-hybridized carbons (Fsp3) is 0.950. The summed E-state index contributed by atoms with van der Waals surface area (Å²) in [5, 5.41) is 23.2. The minimum absolute atomic E-state index is 0.0326. The molecule has 27 heavy (non-hydrogen) atoms. The zero-order chi connectivity index (χ0) is 19.2. The van der Waals surface area contributed by atoms with Gasteiger partial charge in [-0.05, 0) is 24.2 Å². The molecule has 6 aliphatic rings. The number of carbonyl (C=O) groups is 1. The van der Waals surface area contributed by atoms with Crippen molar-refractivity contribution in [3.8, 4) is 0 Å². The summed E-state index contributed by atoms with van der Waals surface area (Å²) < 4.78 is 24.3. The first-order valence-corrected chi connectivity index (χ1v) is 10.1. The molecule has 6 rings (SSSR count). The molecule has 0 radical (unpaired) electrons. The van der Waals surface area contributed by atoms with Gasteiger partial charge in [-0.15, -0.1) is 0 Å². The fourth-order valence-electron chi connectivity index (χ4n) is 8.29. The van der Waals surface area contributed by atoms with Gasteiger partial charge < -0.3 is 29.2 Å². The lowest BCUT2D eigenvalue weighted by molar-refractivity contribution is -0.239. The molecule has 4 aliphatic heterocycles. The van der Waals surface area contributed by atoms with Crippen LogP contribution < -0.4 is 0 Å². The summed E-state index contributed by atoms with van der Waals surface area (Å²) in [4.78, 5) is 13.3. The Kier molecular flexibility index (Phi) is 2.79. The van der Waals surface area contributed by atoms with Gasteiger partial charge in [-0.25, -0.2) is 4.79 Å². The van der Waals surface area contributed by atoms with E-state index in [0.29, 0.717) is 19.4 Å². The van der Waals surface area contributed by atoms with Crippen molar-refractivity contribution in [2.45, 2.75) is 76.3 Å². The van der Waals surface area contributed by atoms with Crippen LogP contribution in [0.15, 0.2) is 0 Å². The highest BCUT2D eigenvalue weighted by Crippen LogP contribution is 2.84. The normalized spacial score (nSPS) is 63.1. The van der Waals surface area contributed by atoms with E-state index in [1.807, 2.05) is 6.92 Å². The topological polar surface area (TPSA) is 94.5 Å². The molecule has 0 bridgehead atoms. The first-order chi connectivity index (χ1) is 12.6. The van der Waals surface area contributed by atoms with Crippen LogP contribution in [-0.2, 0) is 23.7 Å². The van der Waals surface area contributed by atoms with E-state index in [1.165, 1.54) is 0 Å². The molecule has 2 N–H and O–H groups in total. The van der Waals surface area contributed by atoms with Crippen molar-refractivity contribution in [2.24, 2.45) is 28.1 Å². The highest BCUT2D eigenvalue weighted by molar-refractivity contribution is 5.89. The molecule has 150 valence electrons. The molecule has 2 aliphatic carbocycles. The lowest BCUT2D eigenvalue weighted by Crippen LogP contribution is -2.66. The lowest BCUT2D eigenvalue weighted by atomic mass is 9.51. The highest BCUT2D eigenvalue weighted by atomic mass is 16.7. The molecule has 0 aromatic rings. The SMILES string of the molecule is C[C@@H]1CO[C@H]2C[C@]34[C@H]5C[C@@H](C(C)(C)C)[C@@]36[C@@H](OC[C@@H]6O)O[C@@]4(C(=O)O5)[C@@]12O. The number of esters is 1. The maximum Gasteiger partial charge on any atom is 0.342 e. The van der Waals surface area contributed by atoms with Gasteiger partial charge in [-0.1, -0.05) is 27.7 Å². The summed E-state index contributed by atoms with van der Waals surface area (Å²) in [7, 11) is 0. The summed E-state index contributed by atoms with van der Waals surface area (Å²) in [6.07, 6.45) is -1.28. The van der Waals surface area contributed by atoms with E-state index < -0.39 is 52.6 Å². The van der Waals surface area contributed by atoms with E-state index in [4.69, 9.17) is 18.9 Å². The lowest BCUT2D eigenvalue weighted by Gasteiger charge is -2.48. The largest absolute Gasteiger partial charge is 0.459 e. The molecule has 0 unspecified atom stereocenters. The molecule has 0 aromatic carbocycles. The van der Waals surface area contributed by atoms with Crippen LogP contribution in [0.3, 0.4) is 0 Å². The van der Waals surface area contributed by atoms with Crippen LogP contribution in [0.25, 0.3) is 0 Å². The summed E-state index contributed by atoms with van der Waals surface area (Å²) >= 11 is 0. The maximum absolute atomic E-state index is 13.3. The number of aliphatic hydroxyl groups excluding tert-OH is 1. The van der Waals surface area contributed by atoms with E-state index >= 15 is 0 Å². The van der Waals surface area contributed by atoms with E-state index in [1.54, 1.807) is 0 Å². The molecule has 4 heterocycles. The van der Waals surface area contributed by atoms with Crippen molar-refractivity contribution in [3.63, 3.8) is 0 Å². The number of fused-ring (bicyclic) bond motifs is 1. The molecular weight excluding hydrogens is 352 g/mol. The third kappa shape index (κ3) is 1.31. The van der Waals surface area contributed by atoms with Gasteiger partial charge in [0.15, 0.2) is 6.29 Å². The zero-order valence-electron chi connectivity index (χ0n) is 16.2. The quantitative estimate of drug-likeness (QED) is 0.595. The number of carbonyl (C=O) groups excluding carboxylic acids is 1. The second kappa shape index (κ2) is 4.38. The van der Waals surface area contributed by atoms with Gasteiger partial charge in [0.2, 0.25) is 5.60 Å². The Morgan fingerprint density at radius 3 is 2.59 bits per heavy atom. The molecule has 7 nitrogen and oxygen atoms in total. The van der Waals surface area contributed by atoms with Gasteiger partial charge in [-0.3, -0.25) is 0 Å². The maximum atomic E-state index is 13.3. The molecular formula is C20H28O7. The first-order valence-electron chi connectivity index (χ1n) is 10.1. The van der Waals surface area contributed by atoms with Crippen LogP contribution in [0, 0.1) is 28.1 Å². The Bertz CT molecular complexity index is 747. The Morgan fingerprint density at radius 2 is 1.89 bits per heavy atom. The zero-order valence-corrected chi connectivity index (χ0v) is 16.2. The van der Waals surface area contributed by atoms with Crippen molar-refractivity contribution in [3.05, 3.63) is 0 Å². The third-order valence-corrected chi connectivity index (χ3v) is 9.05.